The van der Waals surface area contributed by atoms with Gasteiger partial charge in [0.15, 0.2) is 0 Å². The third-order valence-electron chi connectivity index (χ3n) is 11.2. The van der Waals surface area contributed by atoms with Crippen LogP contribution in [-0.4, -0.2) is 33.1 Å². The van der Waals surface area contributed by atoms with E-state index in [1.807, 2.05) is 13.8 Å². The lowest BCUT2D eigenvalue weighted by Crippen LogP contribution is -2.49. The molecular weight excluding hydrogens is 396 g/mol. The van der Waals surface area contributed by atoms with E-state index in [0.717, 1.165) is 37.5 Å². The van der Waals surface area contributed by atoms with Crippen molar-refractivity contribution in [3.8, 4) is 0 Å². The fourth-order valence-corrected chi connectivity index (χ4v) is 8.59. The lowest BCUT2D eigenvalue weighted by atomic mass is 9.47. The summed E-state index contributed by atoms with van der Waals surface area (Å²) in [7, 11) is 0. The second-order valence-electron chi connectivity index (χ2n) is 13.1. The van der Waals surface area contributed by atoms with Crippen molar-refractivity contribution >= 4 is 0 Å². The molecule has 4 aliphatic carbocycles. The summed E-state index contributed by atoms with van der Waals surface area (Å²) in [5.41, 5.74) is 3.91. The molecule has 3 N–H and O–H groups in total. The van der Waals surface area contributed by atoms with Crippen LogP contribution < -0.4 is 0 Å². The van der Waals surface area contributed by atoms with Crippen molar-refractivity contribution in [2.45, 2.75) is 118 Å². The molecule has 3 nitrogen and oxygen atoms in total. The van der Waals surface area contributed by atoms with E-state index in [-0.39, 0.29) is 28.8 Å². The maximum absolute atomic E-state index is 11.3. The summed E-state index contributed by atoms with van der Waals surface area (Å²) in [6, 6.07) is 0. The van der Waals surface area contributed by atoms with Crippen molar-refractivity contribution in [3.63, 3.8) is 0 Å². The molecule has 0 radical (unpaired) electrons. The van der Waals surface area contributed by atoms with Gasteiger partial charge in [0.1, 0.15) is 0 Å². The lowest BCUT2D eigenvalue weighted by molar-refractivity contribution is -0.0305. The van der Waals surface area contributed by atoms with Crippen molar-refractivity contribution in [1.29, 1.82) is 0 Å². The molecule has 0 spiro atoms. The fourth-order valence-electron chi connectivity index (χ4n) is 8.59. The lowest BCUT2D eigenvalue weighted by Gasteiger charge is -2.57. The largest absolute Gasteiger partial charge is 0.393 e. The Balaban J connectivity index is 1.60. The molecule has 0 heterocycles. The normalized spacial score (nSPS) is 44.0. The predicted molar refractivity (Wildman–Crippen MR) is 131 cm³/mol. The molecule has 3 unspecified atom stereocenters. The van der Waals surface area contributed by atoms with Gasteiger partial charge in [-0.1, -0.05) is 44.9 Å². The van der Waals surface area contributed by atoms with E-state index in [9.17, 15) is 15.3 Å². The summed E-state index contributed by atoms with van der Waals surface area (Å²) in [4.78, 5) is 0. The number of rotatable bonds is 4. The van der Waals surface area contributed by atoms with Crippen LogP contribution in [0.2, 0.25) is 0 Å². The van der Waals surface area contributed by atoms with Crippen LogP contribution in [0.4, 0.5) is 0 Å². The monoisotopic (exact) mass is 444 g/mol. The van der Waals surface area contributed by atoms with E-state index in [2.05, 4.69) is 40.7 Å². The summed E-state index contributed by atoms with van der Waals surface area (Å²) in [6.45, 7) is 15.0. The minimum absolute atomic E-state index is 0.0224. The van der Waals surface area contributed by atoms with E-state index in [4.69, 9.17) is 0 Å². The van der Waals surface area contributed by atoms with E-state index < -0.39 is 11.7 Å². The third-order valence-corrected chi connectivity index (χ3v) is 11.2. The van der Waals surface area contributed by atoms with Gasteiger partial charge < -0.3 is 15.3 Å². The Morgan fingerprint density at radius 2 is 1.69 bits per heavy atom. The Labute approximate surface area is 196 Å². The molecule has 4 aliphatic rings. The molecule has 0 amide bonds. The summed E-state index contributed by atoms with van der Waals surface area (Å²) < 4.78 is 0. The highest BCUT2D eigenvalue weighted by atomic mass is 16.3. The minimum Gasteiger partial charge on any atom is -0.393 e. The van der Waals surface area contributed by atoms with Crippen molar-refractivity contribution in [1.82, 2.24) is 0 Å². The number of hydrogen-bond acceptors (Lipinski definition) is 3. The van der Waals surface area contributed by atoms with Crippen molar-refractivity contribution in [2.75, 3.05) is 0 Å². The Morgan fingerprint density at radius 3 is 2.34 bits per heavy atom. The van der Waals surface area contributed by atoms with Crippen LogP contribution in [0.3, 0.4) is 0 Å². The van der Waals surface area contributed by atoms with E-state index in [1.165, 1.54) is 42.4 Å². The van der Waals surface area contributed by atoms with Crippen LogP contribution in [-0.2, 0) is 0 Å². The Morgan fingerprint density at radius 1 is 1.06 bits per heavy atom. The van der Waals surface area contributed by atoms with Gasteiger partial charge in [0.2, 0.25) is 0 Å². The average molecular weight is 445 g/mol. The van der Waals surface area contributed by atoms with Gasteiger partial charge in [-0.25, -0.2) is 0 Å². The zero-order chi connectivity index (χ0) is 23.6. The zero-order valence-corrected chi connectivity index (χ0v) is 21.6. The number of allylic oxidation sites excluding steroid dienone is 2. The second kappa shape index (κ2) is 8.24. The van der Waals surface area contributed by atoms with Crippen LogP contribution in [0, 0.1) is 40.4 Å². The van der Waals surface area contributed by atoms with Crippen LogP contribution in [0.5, 0.6) is 0 Å². The van der Waals surface area contributed by atoms with Gasteiger partial charge in [0.25, 0.3) is 0 Å². The SMILES string of the molecule is C/C(=C1/CCC2C3CC=C4C[C@@H](O)CC[C@]4(C)C3CC[C@]12C)[C@@H](O)[C@@H](C)[C@H](C)C(C)(C)O. The first-order valence-electron chi connectivity index (χ1n) is 13.3. The first-order valence-corrected chi connectivity index (χ1v) is 13.3. The van der Waals surface area contributed by atoms with Gasteiger partial charge in [-0.15, -0.1) is 0 Å². The fraction of sp³-hybridized carbons (Fsp3) is 0.862. The smallest absolute Gasteiger partial charge is 0.0779 e. The highest BCUT2D eigenvalue weighted by molar-refractivity contribution is 5.33. The van der Waals surface area contributed by atoms with E-state index in [1.54, 1.807) is 0 Å². The first kappa shape index (κ1) is 24.5. The number of hydrogen-bond donors (Lipinski definition) is 3. The molecule has 3 heteroatoms. The quantitative estimate of drug-likeness (QED) is 0.464. The first-order chi connectivity index (χ1) is 14.8. The molecule has 0 aromatic rings. The Hall–Kier alpha value is -0.640. The molecule has 3 fully saturated rings. The molecule has 32 heavy (non-hydrogen) atoms. The van der Waals surface area contributed by atoms with Gasteiger partial charge in [0, 0.05) is 0 Å². The minimum atomic E-state index is -0.791. The summed E-state index contributed by atoms with van der Waals surface area (Å²) in [5.74, 6) is 2.22. The van der Waals surface area contributed by atoms with Gasteiger partial charge >= 0.3 is 0 Å². The topological polar surface area (TPSA) is 60.7 Å². The number of fused-ring (bicyclic) bond motifs is 5. The Bertz CT molecular complexity index is 789. The highest BCUT2D eigenvalue weighted by Gasteiger charge is 2.57. The standard InChI is InChI=1S/C29H48O3/c1-17(19(3)27(4,5)32)26(31)18(2)23-10-11-24-22-9-8-20-16-21(30)12-14-28(20,6)25(22)13-15-29(23,24)7/h8,17,19,21-22,24-26,30-32H,9-16H2,1-7H3/b23-18+/t17-,19-,21-,22?,24?,25?,26-,28-,29+/m0/s1. The van der Waals surface area contributed by atoms with Gasteiger partial charge in [-0.3, -0.25) is 0 Å². The van der Waals surface area contributed by atoms with Crippen LogP contribution >= 0.6 is 0 Å². The molecule has 9 atom stereocenters. The molecular formula is C29H48O3. The summed E-state index contributed by atoms with van der Waals surface area (Å²) >= 11 is 0. The van der Waals surface area contributed by atoms with Gasteiger partial charge in [-0.2, -0.15) is 0 Å². The molecule has 0 aromatic carbocycles. The Kier molecular flexibility index (Phi) is 6.30. The van der Waals surface area contributed by atoms with E-state index >= 15 is 0 Å². The van der Waals surface area contributed by atoms with Crippen LogP contribution in [0.25, 0.3) is 0 Å². The molecule has 0 saturated heterocycles. The van der Waals surface area contributed by atoms with Crippen molar-refractivity contribution in [3.05, 3.63) is 22.8 Å². The second-order valence-corrected chi connectivity index (χ2v) is 13.1. The van der Waals surface area contributed by atoms with Gasteiger partial charge in [-0.05, 0) is 118 Å². The highest BCUT2D eigenvalue weighted by Crippen LogP contribution is 2.66. The van der Waals surface area contributed by atoms with Crippen LogP contribution in [0.15, 0.2) is 22.8 Å². The maximum atomic E-state index is 11.3. The average Bonchev–Trinajstić information content (AvgIpc) is 3.08. The van der Waals surface area contributed by atoms with Crippen molar-refractivity contribution < 1.29 is 15.3 Å². The predicted octanol–water partition coefficient (Wildman–Crippen LogP) is 6.03. The molecule has 0 aliphatic heterocycles. The number of aliphatic hydroxyl groups is 3. The zero-order valence-electron chi connectivity index (χ0n) is 21.6. The molecule has 3 saturated carbocycles. The molecule has 4 rings (SSSR count). The summed E-state index contributed by atoms with van der Waals surface area (Å²) in [5, 5.41) is 32.1. The molecule has 182 valence electrons. The van der Waals surface area contributed by atoms with Gasteiger partial charge in [0.05, 0.1) is 17.8 Å². The van der Waals surface area contributed by atoms with E-state index in [0.29, 0.717) is 5.92 Å². The third kappa shape index (κ3) is 3.75. The molecule has 0 aromatic heterocycles. The van der Waals surface area contributed by atoms with Crippen molar-refractivity contribution in [2.24, 2.45) is 40.4 Å². The number of aliphatic hydroxyl groups excluding tert-OH is 2. The summed E-state index contributed by atoms with van der Waals surface area (Å²) in [6.07, 6.45) is 10.9. The van der Waals surface area contributed by atoms with Crippen LogP contribution in [0.1, 0.15) is 99.8 Å². The maximum Gasteiger partial charge on any atom is 0.0779 e. The molecule has 0 bridgehead atoms.